The van der Waals surface area contributed by atoms with Crippen molar-refractivity contribution in [2.75, 3.05) is 29.1 Å². The molecule has 1 unspecified atom stereocenters. The molecule has 24 heavy (non-hydrogen) atoms. The molecule has 4 nitrogen and oxygen atoms in total. The molecule has 0 radical (unpaired) electrons. The van der Waals surface area contributed by atoms with Crippen LogP contribution in [0, 0.1) is 5.92 Å². The first-order valence-corrected chi connectivity index (χ1v) is 9.39. The topological polar surface area (TPSA) is 45.2 Å². The minimum absolute atomic E-state index is 0.0992. The number of nitrogens with one attached hydrogen (secondary N) is 1. The Kier molecular flexibility index (Phi) is 5.41. The van der Waals surface area contributed by atoms with E-state index in [0.29, 0.717) is 5.56 Å². The van der Waals surface area contributed by atoms with Gasteiger partial charge in [0.05, 0.1) is 5.03 Å². The van der Waals surface area contributed by atoms with Crippen LogP contribution in [0.4, 0.5) is 11.4 Å². The van der Waals surface area contributed by atoms with E-state index in [9.17, 15) is 4.79 Å². The first kappa shape index (κ1) is 16.8. The SMILES string of the molecule is CCSc1cc(C(=O)Nc2ccc(N3CCC(C)C3)cc2)ccn1. The second-order valence-corrected chi connectivity index (χ2v) is 7.44. The summed E-state index contributed by atoms with van der Waals surface area (Å²) in [5.41, 5.74) is 2.68. The standard InChI is InChI=1S/C19H23N3OS/c1-3-24-18-12-15(8-10-20-18)19(23)21-16-4-6-17(7-5-16)22-11-9-14(2)13-22/h4-8,10,12,14H,3,9,11,13H2,1-2H3,(H,21,23). The van der Waals surface area contributed by atoms with Crippen molar-refractivity contribution in [3.8, 4) is 0 Å². The molecular weight excluding hydrogens is 318 g/mol. The number of benzene rings is 1. The van der Waals surface area contributed by atoms with Crippen molar-refractivity contribution in [1.82, 2.24) is 4.98 Å². The summed E-state index contributed by atoms with van der Waals surface area (Å²) in [5.74, 6) is 1.60. The van der Waals surface area contributed by atoms with Crippen molar-refractivity contribution in [1.29, 1.82) is 0 Å². The first-order chi connectivity index (χ1) is 11.7. The molecular formula is C19H23N3OS. The van der Waals surface area contributed by atoms with Gasteiger partial charge >= 0.3 is 0 Å². The number of hydrogen-bond donors (Lipinski definition) is 1. The molecule has 2 aromatic rings. The normalized spacial score (nSPS) is 17.1. The Morgan fingerprint density at radius 3 is 2.79 bits per heavy atom. The zero-order valence-electron chi connectivity index (χ0n) is 14.2. The van der Waals surface area contributed by atoms with E-state index < -0.39 is 0 Å². The van der Waals surface area contributed by atoms with Crippen LogP contribution in [0.1, 0.15) is 30.6 Å². The molecule has 1 aliphatic rings. The van der Waals surface area contributed by atoms with Gasteiger partial charge < -0.3 is 10.2 Å². The molecule has 1 N–H and O–H groups in total. The highest BCUT2D eigenvalue weighted by Gasteiger charge is 2.18. The molecule has 5 heteroatoms. The van der Waals surface area contributed by atoms with Crippen LogP contribution in [0.5, 0.6) is 0 Å². The lowest BCUT2D eigenvalue weighted by atomic mass is 10.2. The van der Waals surface area contributed by atoms with Crippen LogP contribution < -0.4 is 10.2 Å². The van der Waals surface area contributed by atoms with Gasteiger partial charge in [-0.15, -0.1) is 11.8 Å². The highest BCUT2D eigenvalue weighted by atomic mass is 32.2. The summed E-state index contributed by atoms with van der Waals surface area (Å²) in [4.78, 5) is 19.1. The Bertz CT molecular complexity index is 702. The van der Waals surface area contributed by atoms with Crippen molar-refractivity contribution < 1.29 is 4.79 Å². The van der Waals surface area contributed by atoms with E-state index in [-0.39, 0.29) is 5.91 Å². The molecule has 126 valence electrons. The molecule has 0 aliphatic carbocycles. The molecule has 0 saturated carbocycles. The molecule has 3 rings (SSSR count). The van der Waals surface area contributed by atoms with Gasteiger partial charge in [-0.2, -0.15) is 0 Å². The van der Waals surface area contributed by atoms with Crippen molar-refractivity contribution in [3.05, 3.63) is 48.2 Å². The van der Waals surface area contributed by atoms with Gasteiger partial charge in [0.1, 0.15) is 0 Å². The van der Waals surface area contributed by atoms with Gasteiger partial charge in [0.2, 0.25) is 0 Å². The van der Waals surface area contributed by atoms with Crippen molar-refractivity contribution in [2.24, 2.45) is 5.92 Å². The van der Waals surface area contributed by atoms with Gasteiger partial charge in [-0.25, -0.2) is 4.98 Å². The van der Waals surface area contributed by atoms with E-state index in [2.05, 4.69) is 41.2 Å². The Morgan fingerprint density at radius 2 is 2.12 bits per heavy atom. The minimum atomic E-state index is -0.0992. The molecule has 1 aromatic carbocycles. The van der Waals surface area contributed by atoms with Crippen LogP contribution in [0.25, 0.3) is 0 Å². The molecule has 0 spiro atoms. The van der Waals surface area contributed by atoms with Crippen LogP contribution in [-0.2, 0) is 0 Å². The number of carbonyl (C=O) groups is 1. The molecule has 1 fully saturated rings. The Hall–Kier alpha value is -2.01. The number of nitrogens with zero attached hydrogens (tertiary/aromatic N) is 2. The van der Waals surface area contributed by atoms with Gasteiger partial charge in [0, 0.05) is 36.2 Å². The van der Waals surface area contributed by atoms with Gasteiger partial charge in [-0.05, 0) is 54.5 Å². The Morgan fingerprint density at radius 1 is 1.33 bits per heavy atom. The maximum Gasteiger partial charge on any atom is 0.255 e. The van der Waals surface area contributed by atoms with Crippen molar-refractivity contribution in [3.63, 3.8) is 0 Å². The average Bonchev–Trinajstić information content (AvgIpc) is 3.02. The van der Waals surface area contributed by atoms with E-state index in [1.807, 2.05) is 18.2 Å². The summed E-state index contributed by atoms with van der Waals surface area (Å²) in [7, 11) is 0. The number of hydrogen-bond acceptors (Lipinski definition) is 4. The summed E-state index contributed by atoms with van der Waals surface area (Å²) >= 11 is 1.63. The number of anilines is 2. The second kappa shape index (κ2) is 7.71. The van der Waals surface area contributed by atoms with Gasteiger partial charge in [0.25, 0.3) is 5.91 Å². The summed E-state index contributed by atoms with van der Waals surface area (Å²) < 4.78 is 0. The lowest BCUT2D eigenvalue weighted by Crippen LogP contribution is -2.19. The number of amides is 1. The van der Waals surface area contributed by atoms with Crippen LogP contribution in [-0.4, -0.2) is 29.7 Å². The van der Waals surface area contributed by atoms with Gasteiger partial charge in [-0.1, -0.05) is 13.8 Å². The van der Waals surface area contributed by atoms with Crippen molar-refractivity contribution >= 4 is 29.0 Å². The Balaban J connectivity index is 1.65. The third-order valence-corrected chi connectivity index (χ3v) is 5.01. The maximum atomic E-state index is 12.4. The van der Waals surface area contributed by atoms with Crippen LogP contribution in [0.15, 0.2) is 47.6 Å². The quantitative estimate of drug-likeness (QED) is 0.824. The third kappa shape index (κ3) is 4.09. The highest BCUT2D eigenvalue weighted by molar-refractivity contribution is 7.99. The number of rotatable bonds is 5. The fourth-order valence-corrected chi connectivity index (χ4v) is 3.55. The van der Waals surface area contributed by atoms with Crippen LogP contribution >= 0.6 is 11.8 Å². The van der Waals surface area contributed by atoms with E-state index in [1.165, 1.54) is 12.1 Å². The largest absolute Gasteiger partial charge is 0.371 e. The molecule has 1 amide bonds. The van der Waals surface area contributed by atoms with Gasteiger partial charge in [-0.3, -0.25) is 4.79 Å². The maximum absolute atomic E-state index is 12.4. The zero-order chi connectivity index (χ0) is 16.9. The van der Waals surface area contributed by atoms with E-state index >= 15 is 0 Å². The van der Waals surface area contributed by atoms with E-state index in [0.717, 1.165) is 35.5 Å². The summed E-state index contributed by atoms with van der Waals surface area (Å²) in [6.45, 7) is 6.58. The fraction of sp³-hybridized carbons (Fsp3) is 0.368. The second-order valence-electron chi connectivity index (χ2n) is 6.16. The van der Waals surface area contributed by atoms with E-state index in [1.54, 1.807) is 24.0 Å². The van der Waals surface area contributed by atoms with Crippen LogP contribution in [0.2, 0.25) is 0 Å². The van der Waals surface area contributed by atoms with E-state index in [4.69, 9.17) is 0 Å². The summed E-state index contributed by atoms with van der Waals surface area (Å²) in [5, 5.41) is 3.84. The number of pyridine rings is 1. The number of carbonyl (C=O) groups excluding carboxylic acids is 1. The predicted octanol–water partition coefficient (Wildman–Crippen LogP) is 4.29. The molecule has 1 aliphatic heterocycles. The lowest BCUT2D eigenvalue weighted by Gasteiger charge is -2.18. The average molecular weight is 341 g/mol. The lowest BCUT2D eigenvalue weighted by molar-refractivity contribution is 0.102. The third-order valence-electron chi connectivity index (χ3n) is 4.20. The smallest absolute Gasteiger partial charge is 0.255 e. The molecule has 2 heterocycles. The molecule has 1 saturated heterocycles. The fourth-order valence-electron chi connectivity index (χ4n) is 2.91. The summed E-state index contributed by atoms with van der Waals surface area (Å²) in [6.07, 6.45) is 2.93. The number of aromatic nitrogens is 1. The summed E-state index contributed by atoms with van der Waals surface area (Å²) in [6, 6.07) is 11.7. The number of thioether (sulfide) groups is 1. The van der Waals surface area contributed by atoms with Gasteiger partial charge in [0.15, 0.2) is 0 Å². The monoisotopic (exact) mass is 341 g/mol. The van der Waals surface area contributed by atoms with Crippen LogP contribution in [0.3, 0.4) is 0 Å². The Labute approximate surface area is 147 Å². The first-order valence-electron chi connectivity index (χ1n) is 8.41. The zero-order valence-corrected chi connectivity index (χ0v) is 15.0. The highest BCUT2D eigenvalue weighted by Crippen LogP contribution is 2.25. The molecule has 0 bridgehead atoms. The minimum Gasteiger partial charge on any atom is -0.371 e. The molecule has 1 atom stereocenters. The predicted molar refractivity (Wildman–Crippen MR) is 101 cm³/mol. The molecule has 1 aromatic heterocycles. The van der Waals surface area contributed by atoms with Crippen molar-refractivity contribution in [2.45, 2.75) is 25.3 Å².